The molecule has 48 heavy (non-hydrogen) atoms. The van der Waals surface area contributed by atoms with E-state index in [1.165, 1.54) is 33.4 Å². The van der Waals surface area contributed by atoms with Gasteiger partial charge in [-0.15, -0.1) is 0 Å². The molecule has 1 aliphatic carbocycles. The Labute approximate surface area is 281 Å². The fraction of sp³-hybridized carbons (Fsp3) is 0.114. The van der Waals surface area contributed by atoms with Crippen LogP contribution in [0.15, 0.2) is 146 Å². The van der Waals surface area contributed by atoms with Crippen molar-refractivity contribution in [1.82, 2.24) is 15.0 Å². The maximum atomic E-state index is 6.27. The summed E-state index contributed by atoms with van der Waals surface area (Å²) in [5.74, 6) is 3.93. The zero-order chi connectivity index (χ0) is 32.6. The lowest BCUT2D eigenvalue weighted by molar-refractivity contribution is 0.413. The van der Waals surface area contributed by atoms with Gasteiger partial charge in [0.2, 0.25) is 0 Å². The zero-order valence-electron chi connectivity index (χ0n) is 27.1. The normalized spacial score (nSPS) is 16.1. The second kappa shape index (κ2) is 12.4. The smallest absolute Gasteiger partial charge is 0.163 e. The van der Waals surface area contributed by atoms with E-state index in [9.17, 15) is 0 Å². The van der Waals surface area contributed by atoms with Crippen LogP contribution in [0.2, 0.25) is 0 Å². The second-order valence-electron chi connectivity index (χ2n) is 12.4. The molecule has 0 saturated carbocycles. The van der Waals surface area contributed by atoms with Crippen LogP contribution >= 0.6 is 0 Å². The van der Waals surface area contributed by atoms with Crippen LogP contribution in [0.5, 0.6) is 5.75 Å². The first-order valence-corrected chi connectivity index (χ1v) is 16.4. The molecule has 6 aromatic rings. The first-order valence-electron chi connectivity index (χ1n) is 16.4. The van der Waals surface area contributed by atoms with Gasteiger partial charge in [0.15, 0.2) is 5.82 Å². The van der Waals surface area contributed by atoms with Crippen molar-refractivity contribution in [3.05, 3.63) is 185 Å². The number of aromatic nitrogens is 3. The second-order valence-corrected chi connectivity index (χ2v) is 12.4. The predicted molar refractivity (Wildman–Crippen MR) is 195 cm³/mol. The van der Waals surface area contributed by atoms with Gasteiger partial charge in [-0.05, 0) is 70.5 Å². The molecule has 0 bridgehead atoms. The standard InChI is InChI=1S/C44H35N3O/c1-4-32-29(3)34(25-26-36(32)33-19-10-8-15-28(33)2)35-20-11-9-18-31(35)27-41-45-43(30-16-6-5-7-17-30)47-44(46-41)38-22-14-24-40-42(38)37-21-12-13-23-39(37)48-40/h4-26,38,42H,1,27H2,2-3H3. The Hall–Kier alpha value is -5.87. The molecular weight excluding hydrogens is 587 g/mol. The minimum atomic E-state index is -0.0838. The minimum Gasteiger partial charge on any atom is -0.461 e. The molecule has 2 heterocycles. The molecule has 4 heteroatoms. The fourth-order valence-corrected chi connectivity index (χ4v) is 7.18. The van der Waals surface area contributed by atoms with E-state index in [0.717, 1.165) is 45.4 Å². The van der Waals surface area contributed by atoms with Crippen LogP contribution in [0, 0.1) is 13.8 Å². The van der Waals surface area contributed by atoms with Crippen molar-refractivity contribution < 1.29 is 4.74 Å². The average Bonchev–Trinajstić information content (AvgIpc) is 3.51. The van der Waals surface area contributed by atoms with Crippen molar-refractivity contribution in [2.75, 3.05) is 0 Å². The summed E-state index contributed by atoms with van der Waals surface area (Å²) in [7, 11) is 0. The van der Waals surface area contributed by atoms with E-state index >= 15 is 0 Å². The van der Waals surface area contributed by atoms with Crippen LogP contribution < -0.4 is 4.74 Å². The number of allylic oxidation sites excluding steroid dienone is 4. The maximum Gasteiger partial charge on any atom is 0.163 e. The molecule has 8 rings (SSSR count). The third-order valence-corrected chi connectivity index (χ3v) is 9.57. The third kappa shape index (κ3) is 5.26. The summed E-state index contributed by atoms with van der Waals surface area (Å²) in [6, 6.07) is 40.0. The molecule has 1 aliphatic heterocycles. The number of nitrogens with zero attached hydrogens (tertiary/aromatic N) is 3. The van der Waals surface area contributed by atoms with E-state index in [1.807, 2.05) is 36.4 Å². The molecule has 2 aliphatic rings. The summed E-state index contributed by atoms with van der Waals surface area (Å²) in [5.41, 5.74) is 11.7. The Morgan fingerprint density at radius 2 is 1.44 bits per heavy atom. The van der Waals surface area contributed by atoms with Crippen molar-refractivity contribution in [3.8, 4) is 39.4 Å². The van der Waals surface area contributed by atoms with Crippen molar-refractivity contribution >= 4 is 6.08 Å². The lowest BCUT2D eigenvalue weighted by Gasteiger charge is -2.23. The van der Waals surface area contributed by atoms with Crippen LogP contribution in [0.1, 0.15) is 51.3 Å². The third-order valence-electron chi connectivity index (χ3n) is 9.57. The molecule has 2 atom stereocenters. The van der Waals surface area contributed by atoms with E-state index in [4.69, 9.17) is 19.7 Å². The molecule has 1 aromatic heterocycles. The molecule has 0 N–H and O–H groups in total. The quantitative estimate of drug-likeness (QED) is 0.178. The van der Waals surface area contributed by atoms with Crippen LogP contribution in [0.3, 0.4) is 0 Å². The topological polar surface area (TPSA) is 47.9 Å². The van der Waals surface area contributed by atoms with Gasteiger partial charge < -0.3 is 4.74 Å². The van der Waals surface area contributed by atoms with Gasteiger partial charge in [-0.2, -0.15) is 0 Å². The van der Waals surface area contributed by atoms with Crippen LogP contribution in [-0.2, 0) is 6.42 Å². The summed E-state index contributed by atoms with van der Waals surface area (Å²) in [5, 5.41) is 0. The maximum absolute atomic E-state index is 6.27. The van der Waals surface area contributed by atoms with Crippen LogP contribution in [-0.4, -0.2) is 15.0 Å². The number of ether oxygens (including phenoxy) is 1. The Balaban J connectivity index is 1.22. The first-order chi connectivity index (χ1) is 23.6. The minimum absolute atomic E-state index is 0.0177. The number of fused-ring (bicyclic) bond motifs is 3. The lowest BCUT2D eigenvalue weighted by atomic mass is 9.82. The summed E-state index contributed by atoms with van der Waals surface area (Å²) >= 11 is 0. The lowest BCUT2D eigenvalue weighted by Crippen LogP contribution is -2.17. The van der Waals surface area contributed by atoms with Crippen molar-refractivity contribution in [2.45, 2.75) is 32.1 Å². The highest BCUT2D eigenvalue weighted by atomic mass is 16.5. The van der Waals surface area contributed by atoms with E-state index in [-0.39, 0.29) is 11.8 Å². The predicted octanol–water partition coefficient (Wildman–Crippen LogP) is 10.4. The molecule has 0 fully saturated rings. The van der Waals surface area contributed by atoms with E-state index < -0.39 is 0 Å². The van der Waals surface area contributed by atoms with E-state index in [1.54, 1.807) is 0 Å². The average molecular weight is 622 g/mol. The van der Waals surface area contributed by atoms with Gasteiger partial charge in [0.05, 0.1) is 11.8 Å². The summed E-state index contributed by atoms with van der Waals surface area (Å²) in [6.07, 6.45) is 8.85. The molecule has 0 saturated heterocycles. The highest BCUT2D eigenvalue weighted by Gasteiger charge is 2.38. The van der Waals surface area contributed by atoms with Gasteiger partial charge in [0.25, 0.3) is 0 Å². The number of hydrogen-bond acceptors (Lipinski definition) is 4. The Morgan fingerprint density at radius 3 is 2.27 bits per heavy atom. The number of para-hydroxylation sites is 1. The molecule has 2 unspecified atom stereocenters. The number of benzene rings is 5. The van der Waals surface area contributed by atoms with Gasteiger partial charge in [0.1, 0.15) is 23.2 Å². The fourth-order valence-electron chi connectivity index (χ4n) is 7.18. The van der Waals surface area contributed by atoms with Crippen molar-refractivity contribution in [3.63, 3.8) is 0 Å². The van der Waals surface area contributed by atoms with Gasteiger partial charge in [0, 0.05) is 17.5 Å². The first kappa shape index (κ1) is 29.5. The summed E-state index contributed by atoms with van der Waals surface area (Å²) < 4.78 is 6.27. The van der Waals surface area contributed by atoms with E-state index in [2.05, 4.69) is 124 Å². The Morgan fingerprint density at radius 1 is 0.708 bits per heavy atom. The van der Waals surface area contributed by atoms with Crippen molar-refractivity contribution in [1.29, 1.82) is 0 Å². The number of aryl methyl sites for hydroxylation is 1. The number of rotatable bonds is 7. The Kier molecular flexibility index (Phi) is 7.62. The number of hydrogen-bond donors (Lipinski definition) is 0. The van der Waals surface area contributed by atoms with Gasteiger partial charge >= 0.3 is 0 Å². The SMILES string of the molecule is C=Cc1c(-c2ccccc2C)ccc(-c2ccccc2Cc2nc(-c3ccccc3)nc(C3C=CC=C4Oc5ccccc5C43)n2)c1C. The molecule has 0 radical (unpaired) electrons. The molecule has 0 spiro atoms. The zero-order valence-corrected chi connectivity index (χ0v) is 27.1. The molecule has 4 nitrogen and oxygen atoms in total. The van der Waals surface area contributed by atoms with E-state index in [0.29, 0.717) is 12.2 Å². The van der Waals surface area contributed by atoms with Gasteiger partial charge in [-0.25, -0.2) is 15.0 Å². The molecular formula is C44H35N3O. The molecule has 0 amide bonds. The Bertz CT molecular complexity index is 2250. The van der Waals surface area contributed by atoms with Gasteiger partial charge in [-0.3, -0.25) is 0 Å². The van der Waals surface area contributed by atoms with Gasteiger partial charge in [-0.1, -0.05) is 134 Å². The summed E-state index contributed by atoms with van der Waals surface area (Å²) in [4.78, 5) is 15.4. The highest BCUT2D eigenvalue weighted by molar-refractivity contribution is 5.85. The molecule has 232 valence electrons. The monoisotopic (exact) mass is 621 g/mol. The van der Waals surface area contributed by atoms with Crippen molar-refractivity contribution in [2.24, 2.45) is 0 Å². The highest BCUT2D eigenvalue weighted by Crippen LogP contribution is 2.50. The molecule has 5 aromatic carbocycles. The summed E-state index contributed by atoms with van der Waals surface area (Å²) in [6.45, 7) is 8.57. The largest absolute Gasteiger partial charge is 0.461 e. The van der Waals surface area contributed by atoms with Crippen LogP contribution in [0.4, 0.5) is 0 Å². The van der Waals surface area contributed by atoms with Crippen LogP contribution in [0.25, 0.3) is 39.7 Å².